The van der Waals surface area contributed by atoms with E-state index < -0.39 is 0 Å². The number of hydrogen-bond acceptors (Lipinski definition) is 3. The van der Waals surface area contributed by atoms with Crippen molar-refractivity contribution < 1.29 is 4.42 Å². The zero-order valence-electron chi connectivity index (χ0n) is 27.6. The lowest BCUT2D eigenvalue weighted by atomic mass is 9.97. The van der Waals surface area contributed by atoms with Gasteiger partial charge in [0, 0.05) is 38.5 Å². The smallest absolute Gasteiger partial charge is 0.236 e. The van der Waals surface area contributed by atoms with Crippen LogP contribution in [0.2, 0.25) is 0 Å². The molecule has 4 aromatic heterocycles. The van der Waals surface area contributed by atoms with Gasteiger partial charge in [-0.3, -0.25) is 4.57 Å². The van der Waals surface area contributed by atoms with Crippen molar-refractivity contribution in [3.63, 3.8) is 0 Å². The molecule has 240 valence electrons. The number of hydrogen-bond donors (Lipinski definition) is 0. The minimum absolute atomic E-state index is 0.621. The number of furan rings is 1. The molecule has 5 heteroatoms. The van der Waals surface area contributed by atoms with E-state index in [1.807, 2.05) is 18.2 Å². The summed E-state index contributed by atoms with van der Waals surface area (Å²) in [5, 5.41) is 4.62. The van der Waals surface area contributed by atoms with Crippen LogP contribution in [0.5, 0.6) is 0 Å². The molecule has 0 aliphatic heterocycles. The van der Waals surface area contributed by atoms with Crippen LogP contribution in [0.4, 0.5) is 0 Å². The molecule has 0 N–H and O–H groups in total. The molecule has 10 aromatic rings. The van der Waals surface area contributed by atoms with E-state index in [-0.39, 0.29) is 0 Å². The third kappa shape index (κ3) is 4.21. The molecule has 51 heavy (non-hydrogen) atoms. The third-order valence-corrected chi connectivity index (χ3v) is 10.4. The van der Waals surface area contributed by atoms with E-state index in [1.165, 1.54) is 44.2 Å². The van der Waals surface area contributed by atoms with Gasteiger partial charge in [-0.15, -0.1) is 0 Å². The van der Waals surface area contributed by atoms with Gasteiger partial charge in [-0.2, -0.15) is 0 Å². The molecule has 0 bridgehead atoms. The van der Waals surface area contributed by atoms with Crippen molar-refractivity contribution in [3.05, 3.63) is 163 Å². The molecule has 0 spiro atoms. The first-order valence-electron chi connectivity index (χ1n) is 17.5. The summed E-state index contributed by atoms with van der Waals surface area (Å²) in [6.45, 7) is 0. The number of aromatic nitrogens is 4. The largest absolute Gasteiger partial charge is 0.452 e. The molecule has 4 heterocycles. The van der Waals surface area contributed by atoms with Gasteiger partial charge in [-0.05, 0) is 84.1 Å². The van der Waals surface area contributed by atoms with Gasteiger partial charge < -0.3 is 8.98 Å². The SMILES string of the molecule is C1=Cc2c(c3cc(-c4ccc5oc6c(-c7ccccc7)nc(-n7c8ccccc8c8ccccc87)nc6c5c4)ccc3n2-c2ccccc2)CC1. The van der Waals surface area contributed by atoms with Crippen LogP contribution in [-0.2, 0) is 6.42 Å². The molecule has 0 unspecified atom stereocenters. The van der Waals surface area contributed by atoms with Crippen LogP contribution in [0, 0.1) is 0 Å². The summed E-state index contributed by atoms with van der Waals surface area (Å²) < 4.78 is 11.2. The summed E-state index contributed by atoms with van der Waals surface area (Å²) >= 11 is 0. The Balaban J connectivity index is 1.15. The third-order valence-electron chi connectivity index (χ3n) is 10.4. The molecule has 0 fully saturated rings. The highest BCUT2D eigenvalue weighted by Crippen LogP contribution is 2.40. The highest BCUT2D eigenvalue weighted by Gasteiger charge is 2.22. The van der Waals surface area contributed by atoms with Crippen molar-refractivity contribution in [3.8, 4) is 34.0 Å². The number of fused-ring (bicyclic) bond motifs is 9. The lowest BCUT2D eigenvalue weighted by molar-refractivity contribution is 0.666. The average molecular weight is 655 g/mol. The van der Waals surface area contributed by atoms with Gasteiger partial charge in [-0.25, -0.2) is 9.97 Å². The normalized spacial score (nSPS) is 12.9. The molecule has 0 saturated heterocycles. The molecule has 1 aliphatic rings. The van der Waals surface area contributed by atoms with E-state index in [0.29, 0.717) is 11.5 Å². The van der Waals surface area contributed by atoms with Crippen LogP contribution in [0.15, 0.2) is 156 Å². The maximum Gasteiger partial charge on any atom is 0.236 e. The molecule has 11 rings (SSSR count). The van der Waals surface area contributed by atoms with Crippen molar-refractivity contribution in [2.24, 2.45) is 0 Å². The highest BCUT2D eigenvalue weighted by molar-refractivity contribution is 6.11. The topological polar surface area (TPSA) is 48.8 Å². The Morgan fingerprint density at radius 1 is 0.529 bits per heavy atom. The first kappa shape index (κ1) is 28.2. The molecule has 0 saturated carbocycles. The molecule has 0 atom stereocenters. The minimum atomic E-state index is 0.621. The van der Waals surface area contributed by atoms with Gasteiger partial charge in [-0.1, -0.05) is 103 Å². The van der Waals surface area contributed by atoms with Crippen LogP contribution in [-0.4, -0.2) is 19.1 Å². The molecule has 1 aliphatic carbocycles. The second-order valence-corrected chi connectivity index (χ2v) is 13.3. The summed E-state index contributed by atoms with van der Waals surface area (Å²) in [5.74, 6) is 0.621. The van der Waals surface area contributed by atoms with E-state index in [1.54, 1.807) is 0 Å². The van der Waals surface area contributed by atoms with Gasteiger partial charge in [0.25, 0.3) is 0 Å². The Morgan fingerprint density at radius 3 is 1.94 bits per heavy atom. The number of para-hydroxylation sites is 3. The van der Waals surface area contributed by atoms with Gasteiger partial charge >= 0.3 is 0 Å². The van der Waals surface area contributed by atoms with E-state index in [4.69, 9.17) is 14.4 Å². The molecular weight excluding hydrogens is 625 g/mol. The maximum absolute atomic E-state index is 6.63. The summed E-state index contributed by atoms with van der Waals surface area (Å²) in [5.41, 5.74) is 13.6. The average Bonchev–Trinajstić information content (AvgIpc) is 3.85. The summed E-state index contributed by atoms with van der Waals surface area (Å²) in [6, 6.07) is 51.3. The first-order valence-corrected chi connectivity index (χ1v) is 17.5. The fraction of sp³-hybridized carbons (Fsp3) is 0.0435. The number of rotatable bonds is 4. The van der Waals surface area contributed by atoms with Crippen LogP contribution in [0.3, 0.4) is 0 Å². The van der Waals surface area contributed by atoms with Crippen molar-refractivity contribution >= 4 is 60.9 Å². The lowest BCUT2D eigenvalue weighted by Crippen LogP contribution is -2.02. The van der Waals surface area contributed by atoms with Crippen molar-refractivity contribution in [2.75, 3.05) is 0 Å². The second kappa shape index (κ2) is 10.9. The Morgan fingerprint density at radius 2 is 1.18 bits per heavy atom. The number of benzene rings is 6. The molecule has 0 amide bonds. The van der Waals surface area contributed by atoms with E-state index in [2.05, 4.69) is 149 Å². The standard InChI is InChI=1S/C46H30N4O/c1-3-13-29(14-4-1)43-45-44(48-46(47-43)50-39-21-11-7-17-33(39)34-18-8-12-22-40(34)50)37-28-31(24-26-42(37)51-45)30-23-25-41-36(27-30)35-19-9-10-20-38(35)49(41)32-15-5-2-6-16-32/h1-8,10-18,20-28H,9,19H2. The number of nitrogens with zero attached hydrogens (tertiary/aromatic N) is 4. The van der Waals surface area contributed by atoms with Gasteiger partial charge in [0.15, 0.2) is 5.58 Å². The second-order valence-electron chi connectivity index (χ2n) is 13.3. The molecule has 6 aromatic carbocycles. The number of aryl methyl sites for hydroxylation is 1. The zero-order chi connectivity index (χ0) is 33.5. The van der Waals surface area contributed by atoms with E-state index in [9.17, 15) is 0 Å². The predicted octanol–water partition coefficient (Wildman–Crippen LogP) is 11.7. The fourth-order valence-electron chi connectivity index (χ4n) is 8.11. The summed E-state index contributed by atoms with van der Waals surface area (Å²) in [6.07, 6.45) is 6.66. The highest BCUT2D eigenvalue weighted by atomic mass is 16.3. The van der Waals surface area contributed by atoms with Crippen LogP contribution in [0.1, 0.15) is 17.7 Å². The monoisotopic (exact) mass is 654 g/mol. The zero-order valence-corrected chi connectivity index (χ0v) is 27.6. The van der Waals surface area contributed by atoms with Crippen molar-refractivity contribution in [2.45, 2.75) is 12.8 Å². The predicted molar refractivity (Wildman–Crippen MR) is 209 cm³/mol. The molecule has 5 nitrogen and oxygen atoms in total. The fourth-order valence-corrected chi connectivity index (χ4v) is 8.11. The van der Waals surface area contributed by atoms with Crippen LogP contribution >= 0.6 is 0 Å². The quantitative estimate of drug-likeness (QED) is 0.190. The van der Waals surface area contributed by atoms with E-state index in [0.717, 1.165) is 57.2 Å². The first-order chi connectivity index (χ1) is 25.3. The van der Waals surface area contributed by atoms with Crippen LogP contribution in [0.25, 0.3) is 94.9 Å². The summed E-state index contributed by atoms with van der Waals surface area (Å²) in [4.78, 5) is 10.6. The summed E-state index contributed by atoms with van der Waals surface area (Å²) in [7, 11) is 0. The van der Waals surface area contributed by atoms with Gasteiger partial charge in [0.2, 0.25) is 5.95 Å². The van der Waals surface area contributed by atoms with Crippen LogP contribution < -0.4 is 0 Å². The molecule has 0 radical (unpaired) electrons. The Bertz CT molecular complexity index is 2960. The van der Waals surface area contributed by atoms with Crippen molar-refractivity contribution in [1.29, 1.82) is 0 Å². The lowest BCUT2D eigenvalue weighted by Gasteiger charge is -2.11. The van der Waals surface area contributed by atoms with E-state index >= 15 is 0 Å². The molecular formula is C46H30N4O. The van der Waals surface area contributed by atoms with Gasteiger partial charge in [0.05, 0.1) is 16.6 Å². The number of allylic oxidation sites excluding steroid dienone is 1. The Kier molecular flexibility index (Phi) is 6.01. The Hall–Kier alpha value is -6.72. The maximum atomic E-state index is 6.63. The van der Waals surface area contributed by atoms with Crippen molar-refractivity contribution in [1.82, 2.24) is 19.1 Å². The minimum Gasteiger partial charge on any atom is -0.452 e. The van der Waals surface area contributed by atoms with Gasteiger partial charge in [0.1, 0.15) is 16.8 Å². The Labute approximate surface area is 293 Å².